The quantitative estimate of drug-likeness (QED) is 0.328. The number of aryl methyl sites for hydroxylation is 2. The molecule has 5 nitrogen and oxygen atoms in total. The molecular weight excluding hydrogens is 473 g/mol. The summed E-state index contributed by atoms with van der Waals surface area (Å²) >= 11 is 12.5. The van der Waals surface area contributed by atoms with Crippen molar-refractivity contribution >= 4 is 45.8 Å². The molecule has 0 saturated carbocycles. The van der Waals surface area contributed by atoms with Gasteiger partial charge in [-0.1, -0.05) is 71.2 Å². The first-order valence-corrected chi connectivity index (χ1v) is 11.7. The van der Waals surface area contributed by atoms with Gasteiger partial charge in [0.15, 0.2) is 18.0 Å². The summed E-state index contributed by atoms with van der Waals surface area (Å²) in [5.74, 6) is -0.0625. The molecule has 34 heavy (non-hydrogen) atoms. The predicted molar refractivity (Wildman–Crippen MR) is 135 cm³/mol. The minimum absolute atomic E-state index is 0.0478. The normalized spacial score (nSPS) is 13.1. The Hall–Kier alpha value is -3.28. The van der Waals surface area contributed by atoms with Crippen LogP contribution in [0.25, 0.3) is 22.3 Å². The number of anilines is 1. The van der Waals surface area contributed by atoms with Crippen LogP contribution in [-0.4, -0.2) is 19.1 Å². The highest BCUT2D eigenvalue weighted by molar-refractivity contribution is 6.38. The zero-order valence-electron chi connectivity index (χ0n) is 18.4. The zero-order valence-corrected chi connectivity index (χ0v) is 19.9. The highest BCUT2D eigenvalue weighted by Crippen LogP contribution is 2.35. The third-order valence-corrected chi connectivity index (χ3v) is 6.43. The SMILES string of the molecule is Cc1ccc(-c2oc3c(Cl)cc(Cl)cc3c(=O)c2OCC(=O)N2CCCc3ccccc32)cc1. The van der Waals surface area contributed by atoms with Crippen molar-refractivity contribution < 1.29 is 13.9 Å². The van der Waals surface area contributed by atoms with E-state index in [0.29, 0.717) is 17.1 Å². The van der Waals surface area contributed by atoms with Crippen molar-refractivity contribution in [1.29, 1.82) is 0 Å². The first-order valence-electron chi connectivity index (χ1n) is 11.0. The Morgan fingerprint density at radius 1 is 1.09 bits per heavy atom. The summed E-state index contributed by atoms with van der Waals surface area (Å²) in [6, 6.07) is 18.3. The molecule has 4 aromatic rings. The fraction of sp³-hybridized carbons (Fsp3) is 0.185. The minimum Gasteiger partial charge on any atom is -0.476 e. The number of fused-ring (bicyclic) bond motifs is 2. The number of nitrogens with zero attached hydrogens (tertiary/aromatic N) is 1. The molecule has 2 heterocycles. The summed E-state index contributed by atoms with van der Waals surface area (Å²) in [7, 11) is 0. The molecule has 0 aliphatic carbocycles. The number of hydrogen-bond acceptors (Lipinski definition) is 4. The number of halogens is 2. The average molecular weight is 494 g/mol. The lowest BCUT2D eigenvalue weighted by molar-refractivity contribution is -0.120. The van der Waals surface area contributed by atoms with Gasteiger partial charge >= 0.3 is 0 Å². The number of benzene rings is 3. The lowest BCUT2D eigenvalue weighted by atomic mass is 10.0. The largest absolute Gasteiger partial charge is 0.476 e. The van der Waals surface area contributed by atoms with E-state index < -0.39 is 5.43 Å². The molecule has 1 aliphatic rings. The summed E-state index contributed by atoms with van der Waals surface area (Å²) in [6.07, 6.45) is 1.79. The van der Waals surface area contributed by atoms with E-state index in [2.05, 4.69) is 0 Å². The molecular formula is C27H21Cl2NO4. The molecule has 7 heteroatoms. The van der Waals surface area contributed by atoms with E-state index in [1.54, 1.807) is 4.90 Å². The van der Waals surface area contributed by atoms with Gasteiger partial charge < -0.3 is 14.1 Å². The Balaban J connectivity index is 1.55. The van der Waals surface area contributed by atoms with E-state index in [9.17, 15) is 9.59 Å². The molecule has 1 amide bonds. The molecule has 0 N–H and O–H groups in total. The smallest absolute Gasteiger partial charge is 0.264 e. The molecule has 0 unspecified atom stereocenters. The third-order valence-electron chi connectivity index (χ3n) is 5.93. The molecule has 0 bridgehead atoms. The molecule has 0 fully saturated rings. The van der Waals surface area contributed by atoms with Crippen LogP contribution in [0, 0.1) is 6.92 Å². The highest BCUT2D eigenvalue weighted by atomic mass is 35.5. The van der Waals surface area contributed by atoms with Crippen molar-refractivity contribution in [3.8, 4) is 17.1 Å². The lowest BCUT2D eigenvalue weighted by Crippen LogP contribution is -2.39. The maximum Gasteiger partial charge on any atom is 0.264 e. The summed E-state index contributed by atoms with van der Waals surface area (Å²) in [5, 5.41) is 0.722. The number of carbonyl (C=O) groups excluding carboxylic acids is 1. The standard InChI is InChI=1S/C27H21Cl2NO4/c1-16-8-10-18(11-9-16)25-27(24(32)20-13-19(28)14-21(29)26(20)34-25)33-15-23(31)30-12-4-6-17-5-2-3-7-22(17)30/h2-3,5,7-11,13-14H,4,6,12,15H2,1H3. The van der Waals surface area contributed by atoms with Gasteiger partial charge in [-0.15, -0.1) is 0 Å². The van der Waals surface area contributed by atoms with Gasteiger partial charge in [0, 0.05) is 22.8 Å². The van der Waals surface area contributed by atoms with Gasteiger partial charge in [0.05, 0.1) is 10.4 Å². The van der Waals surface area contributed by atoms with Crippen LogP contribution in [0.3, 0.4) is 0 Å². The monoisotopic (exact) mass is 493 g/mol. The summed E-state index contributed by atoms with van der Waals surface area (Å²) in [4.78, 5) is 28.3. The van der Waals surface area contributed by atoms with Gasteiger partial charge in [-0.25, -0.2) is 0 Å². The topological polar surface area (TPSA) is 59.8 Å². The predicted octanol–water partition coefficient (Wildman–Crippen LogP) is 6.43. The number of carbonyl (C=O) groups is 1. The second-order valence-corrected chi connectivity index (χ2v) is 9.13. The van der Waals surface area contributed by atoms with Crippen molar-refractivity contribution in [1.82, 2.24) is 0 Å². The molecule has 0 atom stereocenters. The second kappa shape index (κ2) is 9.16. The Morgan fingerprint density at radius 3 is 2.65 bits per heavy atom. The lowest BCUT2D eigenvalue weighted by Gasteiger charge is -2.29. The van der Waals surface area contributed by atoms with Crippen LogP contribution in [0.1, 0.15) is 17.5 Å². The van der Waals surface area contributed by atoms with Crippen LogP contribution in [0.2, 0.25) is 10.0 Å². The van der Waals surface area contributed by atoms with Crippen LogP contribution < -0.4 is 15.1 Å². The van der Waals surface area contributed by atoms with Gasteiger partial charge in [0.1, 0.15) is 0 Å². The number of ether oxygens (including phenoxy) is 1. The minimum atomic E-state index is -0.437. The van der Waals surface area contributed by atoms with Crippen molar-refractivity contribution in [2.75, 3.05) is 18.1 Å². The first kappa shape index (κ1) is 22.5. The summed E-state index contributed by atoms with van der Waals surface area (Å²) < 4.78 is 12.0. The molecule has 1 aliphatic heterocycles. The van der Waals surface area contributed by atoms with Crippen molar-refractivity contribution in [3.05, 3.63) is 92.1 Å². The van der Waals surface area contributed by atoms with Crippen LogP contribution in [0.15, 0.2) is 69.9 Å². The Kier molecular flexibility index (Phi) is 6.07. The van der Waals surface area contributed by atoms with E-state index in [4.69, 9.17) is 32.4 Å². The van der Waals surface area contributed by atoms with Gasteiger partial charge in [-0.05, 0) is 43.5 Å². The van der Waals surface area contributed by atoms with Gasteiger partial charge in [0.25, 0.3) is 5.91 Å². The number of amides is 1. The fourth-order valence-corrected chi connectivity index (χ4v) is 4.77. The molecule has 0 spiro atoms. The molecule has 3 aromatic carbocycles. The zero-order chi connectivity index (χ0) is 23.8. The highest BCUT2D eigenvalue weighted by Gasteiger charge is 2.25. The second-order valence-electron chi connectivity index (χ2n) is 8.29. The molecule has 172 valence electrons. The fourth-order valence-electron chi connectivity index (χ4n) is 4.24. The summed E-state index contributed by atoms with van der Waals surface area (Å²) in [5.41, 5.74) is 3.48. The average Bonchev–Trinajstić information content (AvgIpc) is 2.84. The number of para-hydroxylation sites is 1. The number of hydrogen-bond donors (Lipinski definition) is 0. The summed E-state index contributed by atoms with van der Waals surface area (Å²) in [6.45, 7) is 2.26. The Morgan fingerprint density at radius 2 is 1.85 bits per heavy atom. The molecule has 0 saturated heterocycles. The molecule has 0 radical (unpaired) electrons. The van der Waals surface area contributed by atoms with Crippen LogP contribution in [0.4, 0.5) is 5.69 Å². The van der Waals surface area contributed by atoms with Crippen molar-refractivity contribution in [2.24, 2.45) is 0 Å². The van der Waals surface area contributed by atoms with Crippen LogP contribution >= 0.6 is 23.2 Å². The van der Waals surface area contributed by atoms with E-state index in [1.165, 1.54) is 12.1 Å². The Labute approximate surface area is 206 Å². The van der Waals surface area contributed by atoms with E-state index in [-0.39, 0.29) is 40.0 Å². The van der Waals surface area contributed by atoms with Crippen molar-refractivity contribution in [3.63, 3.8) is 0 Å². The van der Waals surface area contributed by atoms with Gasteiger partial charge in [-0.3, -0.25) is 9.59 Å². The van der Waals surface area contributed by atoms with Crippen molar-refractivity contribution in [2.45, 2.75) is 19.8 Å². The maximum atomic E-state index is 13.5. The van der Waals surface area contributed by atoms with E-state index in [0.717, 1.165) is 29.7 Å². The maximum absolute atomic E-state index is 13.5. The van der Waals surface area contributed by atoms with E-state index >= 15 is 0 Å². The number of rotatable bonds is 4. The molecule has 1 aromatic heterocycles. The third kappa shape index (κ3) is 4.17. The van der Waals surface area contributed by atoms with E-state index in [1.807, 2.05) is 55.5 Å². The first-order chi connectivity index (χ1) is 16.4. The molecule has 5 rings (SSSR count). The Bertz CT molecular complexity index is 1460. The van der Waals surface area contributed by atoms with Crippen LogP contribution in [0.5, 0.6) is 5.75 Å². The van der Waals surface area contributed by atoms with Gasteiger partial charge in [-0.2, -0.15) is 0 Å². The van der Waals surface area contributed by atoms with Crippen LogP contribution in [-0.2, 0) is 11.2 Å². The van der Waals surface area contributed by atoms with Gasteiger partial charge in [0.2, 0.25) is 11.2 Å².